The summed E-state index contributed by atoms with van der Waals surface area (Å²) < 4.78 is 0. The molecule has 0 bridgehead atoms. The van der Waals surface area contributed by atoms with Crippen molar-refractivity contribution < 1.29 is 9.90 Å². The van der Waals surface area contributed by atoms with Crippen molar-refractivity contribution in [3.8, 4) is 0 Å². The number of nitrogens with two attached hydrogens (primary N) is 1. The normalized spacial score (nSPS) is 9.75. The van der Waals surface area contributed by atoms with Crippen LogP contribution in [-0.4, -0.2) is 16.1 Å². The second-order valence-electron chi connectivity index (χ2n) is 2.54. The molecular formula is C8H10N2O2. The summed E-state index contributed by atoms with van der Waals surface area (Å²) in [4.78, 5) is 14.3. The number of aliphatic carboxylic acids is 1. The first kappa shape index (κ1) is 8.52. The van der Waals surface area contributed by atoms with Crippen molar-refractivity contribution in [2.45, 2.75) is 13.3 Å². The molecule has 1 aromatic heterocycles. The number of anilines is 1. The third kappa shape index (κ3) is 1.72. The van der Waals surface area contributed by atoms with Gasteiger partial charge in [0.1, 0.15) is 0 Å². The highest BCUT2D eigenvalue weighted by atomic mass is 16.4. The summed E-state index contributed by atoms with van der Waals surface area (Å²) in [5.41, 5.74) is 7.37. The zero-order valence-electron chi connectivity index (χ0n) is 6.74. The first-order chi connectivity index (χ1) is 5.61. The number of carboxylic acids is 1. The van der Waals surface area contributed by atoms with Gasteiger partial charge in [-0.3, -0.25) is 9.78 Å². The van der Waals surface area contributed by atoms with Crippen LogP contribution in [0.2, 0.25) is 0 Å². The molecule has 1 rings (SSSR count). The smallest absolute Gasteiger partial charge is 0.307 e. The van der Waals surface area contributed by atoms with Gasteiger partial charge >= 0.3 is 5.97 Å². The fourth-order valence-corrected chi connectivity index (χ4v) is 0.948. The van der Waals surface area contributed by atoms with Gasteiger partial charge in [0.25, 0.3) is 0 Å². The van der Waals surface area contributed by atoms with Gasteiger partial charge in [0.15, 0.2) is 0 Å². The van der Waals surface area contributed by atoms with Gasteiger partial charge in [-0.25, -0.2) is 0 Å². The second-order valence-corrected chi connectivity index (χ2v) is 2.54. The molecule has 0 spiro atoms. The van der Waals surface area contributed by atoms with E-state index in [1.807, 2.05) is 0 Å². The van der Waals surface area contributed by atoms with Crippen LogP contribution in [0.15, 0.2) is 12.3 Å². The Hall–Kier alpha value is -1.58. The maximum absolute atomic E-state index is 10.4. The average Bonchev–Trinajstić information content (AvgIpc) is 1.98. The average molecular weight is 166 g/mol. The standard InChI is InChI=1S/C8H10N2O2/c1-5-8(9)6(2-3-10-5)4-7(11)12/h2-3H,4,9H2,1H3,(H,11,12). The molecule has 0 radical (unpaired) electrons. The lowest BCUT2D eigenvalue weighted by molar-refractivity contribution is -0.136. The number of nitrogens with zero attached hydrogens (tertiary/aromatic N) is 1. The summed E-state index contributed by atoms with van der Waals surface area (Å²) in [6.07, 6.45) is 1.51. The lowest BCUT2D eigenvalue weighted by atomic mass is 10.1. The predicted octanol–water partition coefficient (Wildman–Crippen LogP) is 0.599. The minimum atomic E-state index is -0.882. The maximum Gasteiger partial charge on any atom is 0.307 e. The zero-order valence-corrected chi connectivity index (χ0v) is 6.74. The molecule has 3 N–H and O–H groups in total. The molecule has 0 unspecified atom stereocenters. The number of carboxylic acid groups (broad SMARTS) is 1. The van der Waals surface area contributed by atoms with Crippen molar-refractivity contribution in [3.05, 3.63) is 23.5 Å². The van der Waals surface area contributed by atoms with Gasteiger partial charge in [-0.1, -0.05) is 0 Å². The maximum atomic E-state index is 10.4. The molecule has 4 heteroatoms. The highest BCUT2D eigenvalue weighted by Gasteiger charge is 2.05. The molecule has 0 aliphatic heterocycles. The van der Waals surface area contributed by atoms with Crippen LogP contribution in [0, 0.1) is 6.92 Å². The van der Waals surface area contributed by atoms with Crippen molar-refractivity contribution in [3.63, 3.8) is 0 Å². The molecule has 0 saturated heterocycles. The van der Waals surface area contributed by atoms with E-state index in [1.54, 1.807) is 19.2 Å². The number of rotatable bonds is 2. The lowest BCUT2D eigenvalue weighted by Crippen LogP contribution is -2.05. The van der Waals surface area contributed by atoms with Crippen molar-refractivity contribution in [2.75, 3.05) is 5.73 Å². The Labute approximate surface area is 70.0 Å². The van der Waals surface area contributed by atoms with E-state index in [4.69, 9.17) is 10.8 Å². The van der Waals surface area contributed by atoms with Crippen molar-refractivity contribution in [1.82, 2.24) is 4.98 Å². The van der Waals surface area contributed by atoms with Crippen LogP contribution in [0.25, 0.3) is 0 Å². The molecule has 0 aliphatic rings. The van der Waals surface area contributed by atoms with Gasteiger partial charge in [-0.15, -0.1) is 0 Å². The first-order valence-corrected chi connectivity index (χ1v) is 3.53. The number of pyridine rings is 1. The minimum Gasteiger partial charge on any atom is -0.481 e. The summed E-state index contributed by atoms with van der Waals surface area (Å²) in [7, 11) is 0. The first-order valence-electron chi connectivity index (χ1n) is 3.53. The Bertz CT molecular complexity index is 310. The van der Waals surface area contributed by atoms with Crippen molar-refractivity contribution >= 4 is 11.7 Å². The highest BCUT2D eigenvalue weighted by Crippen LogP contribution is 2.14. The Morgan fingerprint density at radius 2 is 2.42 bits per heavy atom. The predicted molar refractivity (Wildman–Crippen MR) is 44.7 cm³/mol. The van der Waals surface area contributed by atoms with Gasteiger partial charge in [-0.05, 0) is 18.6 Å². The molecule has 0 aromatic carbocycles. The van der Waals surface area contributed by atoms with Gasteiger partial charge < -0.3 is 10.8 Å². The van der Waals surface area contributed by atoms with Gasteiger partial charge in [0, 0.05) is 6.20 Å². The van der Waals surface area contributed by atoms with E-state index in [0.717, 1.165) is 0 Å². The van der Waals surface area contributed by atoms with Crippen molar-refractivity contribution in [1.29, 1.82) is 0 Å². The van der Waals surface area contributed by atoms with E-state index in [9.17, 15) is 4.79 Å². The van der Waals surface area contributed by atoms with Crippen LogP contribution in [0.4, 0.5) is 5.69 Å². The Morgan fingerprint density at radius 1 is 1.75 bits per heavy atom. The van der Waals surface area contributed by atoms with Crippen LogP contribution < -0.4 is 5.73 Å². The highest BCUT2D eigenvalue weighted by molar-refractivity contribution is 5.73. The topological polar surface area (TPSA) is 76.2 Å². The van der Waals surface area contributed by atoms with Crippen LogP contribution in [0.3, 0.4) is 0 Å². The monoisotopic (exact) mass is 166 g/mol. The van der Waals surface area contributed by atoms with Gasteiger partial charge in [-0.2, -0.15) is 0 Å². The number of nitrogen functional groups attached to an aromatic ring is 1. The number of aromatic nitrogens is 1. The quantitative estimate of drug-likeness (QED) is 0.674. The molecular weight excluding hydrogens is 156 g/mol. The molecule has 0 atom stereocenters. The van der Waals surface area contributed by atoms with E-state index in [-0.39, 0.29) is 6.42 Å². The third-order valence-electron chi connectivity index (χ3n) is 1.62. The molecule has 0 fully saturated rings. The largest absolute Gasteiger partial charge is 0.481 e. The van der Waals surface area contributed by atoms with Gasteiger partial charge in [0.05, 0.1) is 17.8 Å². The van der Waals surface area contributed by atoms with Crippen LogP contribution >= 0.6 is 0 Å². The second kappa shape index (κ2) is 3.21. The summed E-state index contributed by atoms with van der Waals surface area (Å²) >= 11 is 0. The molecule has 0 amide bonds. The molecule has 1 heterocycles. The zero-order chi connectivity index (χ0) is 9.14. The number of hydrogen-bond acceptors (Lipinski definition) is 3. The van der Waals surface area contributed by atoms with Crippen molar-refractivity contribution in [2.24, 2.45) is 0 Å². The Morgan fingerprint density at radius 3 is 3.00 bits per heavy atom. The molecule has 0 saturated carbocycles. The Balaban J connectivity index is 3.00. The minimum absolute atomic E-state index is 0.0464. The molecule has 4 nitrogen and oxygen atoms in total. The van der Waals surface area contributed by atoms with Crippen LogP contribution in [-0.2, 0) is 11.2 Å². The summed E-state index contributed by atoms with van der Waals surface area (Å²) in [5.74, 6) is -0.882. The van der Waals surface area contributed by atoms with E-state index in [1.165, 1.54) is 0 Å². The van der Waals surface area contributed by atoms with E-state index in [2.05, 4.69) is 4.98 Å². The summed E-state index contributed by atoms with van der Waals surface area (Å²) in [6, 6.07) is 1.62. The molecule has 64 valence electrons. The third-order valence-corrected chi connectivity index (χ3v) is 1.62. The number of hydrogen-bond donors (Lipinski definition) is 2. The molecule has 0 aliphatic carbocycles. The molecule has 12 heavy (non-hydrogen) atoms. The Kier molecular flexibility index (Phi) is 2.28. The van der Waals surface area contributed by atoms with Crippen LogP contribution in [0.1, 0.15) is 11.3 Å². The number of aryl methyl sites for hydroxylation is 1. The lowest BCUT2D eigenvalue weighted by Gasteiger charge is -2.03. The van der Waals surface area contributed by atoms with E-state index >= 15 is 0 Å². The number of carbonyl (C=O) groups is 1. The summed E-state index contributed by atoms with van der Waals surface area (Å²) in [5, 5.41) is 8.51. The summed E-state index contributed by atoms with van der Waals surface area (Å²) in [6.45, 7) is 1.75. The SMILES string of the molecule is Cc1nccc(CC(=O)O)c1N. The fraction of sp³-hybridized carbons (Fsp3) is 0.250. The fourth-order valence-electron chi connectivity index (χ4n) is 0.948. The van der Waals surface area contributed by atoms with E-state index < -0.39 is 5.97 Å². The molecule has 1 aromatic rings. The van der Waals surface area contributed by atoms with E-state index in [0.29, 0.717) is 16.9 Å². The van der Waals surface area contributed by atoms with Crippen LogP contribution in [0.5, 0.6) is 0 Å². The van der Waals surface area contributed by atoms with Gasteiger partial charge in [0.2, 0.25) is 0 Å².